The number of hydrogen-bond donors (Lipinski definition) is 1. The van der Waals surface area contributed by atoms with Crippen LogP contribution in [-0.4, -0.2) is 30.0 Å². The second-order valence-electron chi connectivity index (χ2n) is 4.30. The number of amides is 1. The fourth-order valence-electron chi connectivity index (χ4n) is 2.25. The molecule has 6 nitrogen and oxygen atoms in total. The van der Waals surface area contributed by atoms with Crippen LogP contribution in [0, 0.1) is 13.7 Å². The van der Waals surface area contributed by atoms with Gasteiger partial charge in [-0.25, -0.2) is 0 Å². The van der Waals surface area contributed by atoms with Gasteiger partial charge in [0.25, 0.3) is 5.69 Å². The molecule has 1 aliphatic heterocycles. The predicted octanol–water partition coefficient (Wildman–Crippen LogP) is 1.91. The first-order valence-corrected chi connectivity index (χ1v) is 7.10. The molecule has 1 atom stereocenters. The van der Waals surface area contributed by atoms with Crippen LogP contribution in [0.3, 0.4) is 0 Å². The third kappa shape index (κ3) is 2.80. The fraction of sp³-hybridized carbons (Fsp3) is 0.417. The molecule has 0 radical (unpaired) electrons. The van der Waals surface area contributed by atoms with E-state index in [1.807, 2.05) is 34.4 Å². The van der Waals surface area contributed by atoms with E-state index >= 15 is 0 Å². The van der Waals surface area contributed by atoms with Gasteiger partial charge in [-0.05, 0) is 41.1 Å². The number of hydrogen-bond acceptors (Lipinski definition) is 4. The number of nitrogens with one attached hydrogen (secondary N) is 1. The molecule has 102 valence electrons. The average molecular weight is 375 g/mol. The van der Waals surface area contributed by atoms with E-state index in [9.17, 15) is 14.9 Å². The van der Waals surface area contributed by atoms with Crippen molar-refractivity contribution in [2.75, 3.05) is 18.0 Å². The second-order valence-corrected chi connectivity index (χ2v) is 5.46. The highest BCUT2D eigenvalue weighted by Gasteiger charge is 2.28. The van der Waals surface area contributed by atoms with E-state index in [0.717, 1.165) is 12.2 Å². The summed E-state index contributed by atoms with van der Waals surface area (Å²) in [4.78, 5) is 24.2. The molecule has 1 fully saturated rings. The smallest absolute Gasteiger partial charge is 0.282 e. The molecule has 1 aromatic carbocycles. The fourth-order valence-corrected chi connectivity index (χ4v) is 2.95. The number of nitro benzene ring substituents is 1. The number of halogens is 1. The molecule has 1 heterocycles. The summed E-state index contributed by atoms with van der Waals surface area (Å²) in [5.74, 6) is 0.0158. The minimum absolute atomic E-state index is 0.0158. The first kappa shape index (κ1) is 14.0. The van der Waals surface area contributed by atoms with Crippen LogP contribution in [0.1, 0.15) is 13.3 Å². The van der Waals surface area contributed by atoms with Crippen LogP contribution >= 0.6 is 22.6 Å². The van der Waals surface area contributed by atoms with Gasteiger partial charge in [0.1, 0.15) is 6.04 Å². The number of nitrogens with zero attached hydrogens (tertiary/aromatic N) is 2. The van der Waals surface area contributed by atoms with Crippen LogP contribution in [0.25, 0.3) is 0 Å². The molecule has 1 aliphatic rings. The van der Waals surface area contributed by atoms with Gasteiger partial charge in [0.05, 0.1) is 8.49 Å². The molecule has 1 unspecified atom stereocenters. The van der Waals surface area contributed by atoms with Gasteiger partial charge in [-0.1, -0.05) is 6.92 Å². The van der Waals surface area contributed by atoms with Gasteiger partial charge >= 0.3 is 0 Å². The molecule has 0 aromatic heterocycles. The average Bonchev–Trinajstić information content (AvgIpc) is 2.37. The quantitative estimate of drug-likeness (QED) is 0.498. The number of piperazine rings is 1. The Morgan fingerprint density at radius 1 is 1.58 bits per heavy atom. The molecular formula is C12H14IN3O3. The number of nitro groups is 1. The van der Waals surface area contributed by atoms with Gasteiger partial charge in [-0.15, -0.1) is 0 Å². The van der Waals surface area contributed by atoms with Crippen molar-refractivity contribution >= 4 is 39.9 Å². The number of carbonyl (C=O) groups is 1. The summed E-state index contributed by atoms with van der Waals surface area (Å²) in [6.45, 7) is 3.28. The number of carbonyl (C=O) groups excluding carboxylic acids is 1. The van der Waals surface area contributed by atoms with E-state index in [4.69, 9.17) is 0 Å². The van der Waals surface area contributed by atoms with E-state index in [2.05, 4.69) is 5.32 Å². The van der Waals surface area contributed by atoms with Crippen molar-refractivity contribution < 1.29 is 9.72 Å². The van der Waals surface area contributed by atoms with Crippen molar-refractivity contribution in [3.63, 3.8) is 0 Å². The van der Waals surface area contributed by atoms with E-state index in [-0.39, 0.29) is 17.6 Å². The number of benzene rings is 1. The second kappa shape index (κ2) is 5.72. The lowest BCUT2D eigenvalue weighted by molar-refractivity contribution is -0.385. The Morgan fingerprint density at radius 3 is 2.89 bits per heavy atom. The predicted molar refractivity (Wildman–Crippen MR) is 80.2 cm³/mol. The Hall–Kier alpha value is -1.38. The molecule has 0 aliphatic carbocycles. The lowest BCUT2D eigenvalue weighted by Gasteiger charge is -2.36. The van der Waals surface area contributed by atoms with Gasteiger partial charge in [-0.3, -0.25) is 14.9 Å². The highest BCUT2D eigenvalue weighted by atomic mass is 127. The van der Waals surface area contributed by atoms with Crippen molar-refractivity contribution in [2.45, 2.75) is 19.4 Å². The lowest BCUT2D eigenvalue weighted by atomic mass is 10.1. The summed E-state index contributed by atoms with van der Waals surface area (Å²) < 4.78 is 0.584. The third-order valence-electron chi connectivity index (χ3n) is 3.18. The van der Waals surface area contributed by atoms with Crippen LogP contribution in [0.2, 0.25) is 0 Å². The van der Waals surface area contributed by atoms with Crippen molar-refractivity contribution in [2.24, 2.45) is 0 Å². The maximum atomic E-state index is 11.8. The van der Waals surface area contributed by atoms with Gasteiger partial charge in [-0.2, -0.15) is 0 Å². The summed E-state index contributed by atoms with van der Waals surface area (Å²) in [6.07, 6.45) is 0.708. The van der Waals surface area contributed by atoms with Crippen molar-refractivity contribution in [1.29, 1.82) is 0 Å². The monoisotopic (exact) mass is 375 g/mol. The molecule has 19 heavy (non-hydrogen) atoms. The standard InChI is InChI=1S/C12H14IN3O3/c1-2-10-12(17)14-5-6-15(10)8-3-4-11(16(18)19)9(13)7-8/h3-4,7,10H,2,5-6H2,1H3,(H,14,17). The van der Waals surface area contributed by atoms with Gasteiger partial charge < -0.3 is 10.2 Å². The van der Waals surface area contributed by atoms with E-state index in [1.54, 1.807) is 12.1 Å². The third-order valence-corrected chi connectivity index (χ3v) is 4.04. The Balaban J connectivity index is 2.33. The lowest BCUT2D eigenvalue weighted by Crippen LogP contribution is -2.55. The maximum Gasteiger partial charge on any atom is 0.282 e. The zero-order valence-electron chi connectivity index (χ0n) is 10.4. The van der Waals surface area contributed by atoms with E-state index < -0.39 is 4.92 Å². The van der Waals surface area contributed by atoms with Crippen LogP contribution in [0.15, 0.2) is 18.2 Å². The van der Waals surface area contributed by atoms with Gasteiger partial charge in [0.15, 0.2) is 0 Å². The zero-order chi connectivity index (χ0) is 14.0. The van der Waals surface area contributed by atoms with Crippen LogP contribution in [0.4, 0.5) is 11.4 Å². The molecule has 1 N–H and O–H groups in total. The normalized spacial score (nSPS) is 19.2. The summed E-state index contributed by atoms with van der Waals surface area (Å²) in [6, 6.07) is 4.77. The Labute approximate surface area is 124 Å². The number of anilines is 1. The summed E-state index contributed by atoms with van der Waals surface area (Å²) in [5, 5.41) is 13.6. The van der Waals surface area contributed by atoms with Crippen molar-refractivity contribution in [1.82, 2.24) is 5.32 Å². The van der Waals surface area contributed by atoms with Crippen LogP contribution < -0.4 is 10.2 Å². The zero-order valence-corrected chi connectivity index (χ0v) is 12.6. The first-order chi connectivity index (χ1) is 9.04. The molecule has 7 heteroatoms. The molecule has 1 aromatic rings. The largest absolute Gasteiger partial charge is 0.358 e. The van der Waals surface area contributed by atoms with Gasteiger partial charge in [0.2, 0.25) is 5.91 Å². The first-order valence-electron chi connectivity index (χ1n) is 6.03. The highest BCUT2D eigenvalue weighted by Crippen LogP contribution is 2.28. The molecule has 0 spiro atoms. The molecule has 1 saturated heterocycles. The van der Waals surface area contributed by atoms with Crippen molar-refractivity contribution in [3.8, 4) is 0 Å². The highest BCUT2D eigenvalue weighted by molar-refractivity contribution is 14.1. The topological polar surface area (TPSA) is 75.5 Å². The Morgan fingerprint density at radius 2 is 2.32 bits per heavy atom. The summed E-state index contributed by atoms with van der Waals surface area (Å²) >= 11 is 1.95. The van der Waals surface area contributed by atoms with Crippen molar-refractivity contribution in [3.05, 3.63) is 31.9 Å². The Bertz CT molecular complexity index is 521. The van der Waals surface area contributed by atoms with E-state index in [0.29, 0.717) is 16.5 Å². The molecule has 2 rings (SSSR count). The number of rotatable bonds is 3. The molecular weight excluding hydrogens is 361 g/mol. The molecule has 1 amide bonds. The van der Waals surface area contributed by atoms with Crippen LogP contribution in [0.5, 0.6) is 0 Å². The van der Waals surface area contributed by atoms with Gasteiger partial charge in [0, 0.05) is 24.8 Å². The Kier molecular flexibility index (Phi) is 4.23. The maximum absolute atomic E-state index is 11.8. The minimum Gasteiger partial charge on any atom is -0.358 e. The summed E-state index contributed by atoms with van der Waals surface area (Å²) in [7, 11) is 0. The SMILES string of the molecule is CCC1C(=O)NCCN1c1ccc([N+](=O)[O-])c(I)c1. The minimum atomic E-state index is -0.397. The molecule has 0 saturated carbocycles. The van der Waals surface area contributed by atoms with Crippen LogP contribution in [-0.2, 0) is 4.79 Å². The summed E-state index contributed by atoms with van der Waals surface area (Å²) in [5.41, 5.74) is 0.954. The van der Waals surface area contributed by atoms with E-state index in [1.165, 1.54) is 6.07 Å². The molecule has 0 bridgehead atoms.